The van der Waals surface area contributed by atoms with Crippen LogP contribution in [0.4, 0.5) is 5.00 Å². The van der Waals surface area contributed by atoms with E-state index in [9.17, 15) is 9.59 Å². The van der Waals surface area contributed by atoms with E-state index in [1.54, 1.807) is 11.4 Å². The predicted molar refractivity (Wildman–Crippen MR) is 102 cm³/mol. The van der Waals surface area contributed by atoms with E-state index in [4.69, 9.17) is 5.26 Å². The number of aryl methyl sites for hydroxylation is 1. The van der Waals surface area contributed by atoms with Crippen LogP contribution in [0.3, 0.4) is 0 Å². The summed E-state index contributed by atoms with van der Waals surface area (Å²) in [5.74, 6) is -0.0140. The number of nitriles is 1. The molecule has 2 amide bonds. The summed E-state index contributed by atoms with van der Waals surface area (Å²) in [6, 6.07) is 13.8. The number of nitrogens with zero attached hydrogens (tertiary/aromatic N) is 2. The monoisotopic (exact) mass is 367 g/mol. The maximum Gasteiger partial charge on any atom is 0.228 e. The Kier molecular flexibility index (Phi) is 6.03. The number of anilines is 1. The molecule has 2 aromatic rings. The molecule has 1 saturated heterocycles. The van der Waals surface area contributed by atoms with E-state index >= 15 is 0 Å². The number of carbonyl (C=O) groups is 2. The molecule has 1 fully saturated rings. The minimum atomic E-state index is -0.109. The number of rotatable bonds is 5. The Bertz CT molecular complexity index is 802. The largest absolute Gasteiger partial charge is 0.343 e. The molecule has 5 nitrogen and oxygen atoms in total. The first-order valence-corrected chi connectivity index (χ1v) is 9.65. The van der Waals surface area contributed by atoms with Gasteiger partial charge in [-0.25, -0.2) is 0 Å². The van der Waals surface area contributed by atoms with Crippen LogP contribution in [0.25, 0.3) is 0 Å². The van der Waals surface area contributed by atoms with Gasteiger partial charge in [0.25, 0.3) is 0 Å². The molecule has 0 bridgehead atoms. The molecule has 3 rings (SSSR count). The van der Waals surface area contributed by atoms with Gasteiger partial charge >= 0.3 is 0 Å². The van der Waals surface area contributed by atoms with E-state index in [2.05, 4.69) is 11.4 Å². The molecule has 1 aliphatic rings. The van der Waals surface area contributed by atoms with Crippen LogP contribution < -0.4 is 5.32 Å². The van der Waals surface area contributed by atoms with Gasteiger partial charge < -0.3 is 10.2 Å². The van der Waals surface area contributed by atoms with Gasteiger partial charge in [0.1, 0.15) is 11.1 Å². The normalized spacial score (nSPS) is 14.7. The average Bonchev–Trinajstić information content (AvgIpc) is 3.14. The van der Waals surface area contributed by atoms with Gasteiger partial charge in [0.2, 0.25) is 11.8 Å². The number of thiophene rings is 1. The van der Waals surface area contributed by atoms with Crippen molar-refractivity contribution in [3.63, 3.8) is 0 Å². The van der Waals surface area contributed by atoms with E-state index in [0.717, 1.165) is 6.42 Å². The highest BCUT2D eigenvalue weighted by atomic mass is 32.1. The highest BCUT2D eigenvalue weighted by Gasteiger charge is 2.27. The van der Waals surface area contributed by atoms with Crippen molar-refractivity contribution >= 4 is 28.2 Å². The topological polar surface area (TPSA) is 73.2 Å². The molecule has 0 unspecified atom stereocenters. The second-order valence-electron chi connectivity index (χ2n) is 6.41. The fraction of sp³-hybridized carbons (Fsp3) is 0.350. The van der Waals surface area contributed by atoms with Crippen LogP contribution in [-0.2, 0) is 16.0 Å². The second kappa shape index (κ2) is 8.63. The highest BCUT2D eigenvalue weighted by molar-refractivity contribution is 7.14. The Morgan fingerprint density at radius 2 is 1.92 bits per heavy atom. The quantitative estimate of drug-likeness (QED) is 0.880. The number of piperidine rings is 1. The van der Waals surface area contributed by atoms with Crippen molar-refractivity contribution in [2.45, 2.75) is 25.7 Å². The van der Waals surface area contributed by atoms with E-state index in [0.29, 0.717) is 42.9 Å². The summed E-state index contributed by atoms with van der Waals surface area (Å²) in [5, 5.41) is 14.3. The zero-order valence-electron chi connectivity index (χ0n) is 14.5. The van der Waals surface area contributed by atoms with Gasteiger partial charge in [-0.1, -0.05) is 30.3 Å². The first-order chi connectivity index (χ1) is 12.7. The van der Waals surface area contributed by atoms with Gasteiger partial charge in [-0.05, 0) is 36.3 Å². The van der Waals surface area contributed by atoms with Crippen molar-refractivity contribution < 1.29 is 9.59 Å². The van der Waals surface area contributed by atoms with Crippen LogP contribution in [-0.4, -0.2) is 29.8 Å². The number of hydrogen-bond acceptors (Lipinski definition) is 4. The minimum absolute atomic E-state index is 0.0552. The van der Waals surface area contributed by atoms with Gasteiger partial charge in [-0.3, -0.25) is 9.59 Å². The molecule has 6 heteroatoms. The maximum absolute atomic E-state index is 12.4. The molecule has 1 N–H and O–H groups in total. The molecule has 1 aromatic heterocycles. The van der Waals surface area contributed by atoms with Gasteiger partial charge in [0, 0.05) is 25.4 Å². The first kappa shape index (κ1) is 18.2. The molecule has 0 saturated carbocycles. The van der Waals surface area contributed by atoms with Crippen LogP contribution >= 0.6 is 11.3 Å². The van der Waals surface area contributed by atoms with Gasteiger partial charge in [0.15, 0.2) is 0 Å². The molecule has 134 valence electrons. The lowest BCUT2D eigenvalue weighted by Crippen LogP contribution is -2.41. The smallest absolute Gasteiger partial charge is 0.228 e. The lowest BCUT2D eigenvalue weighted by atomic mass is 9.95. The minimum Gasteiger partial charge on any atom is -0.343 e. The highest BCUT2D eigenvalue weighted by Crippen LogP contribution is 2.25. The van der Waals surface area contributed by atoms with Crippen LogP contribution in [0, 0.1) is 17.2 Å². The Morgan fingerprint density at radius 3 is 2.62 bits per heavy atom. The third-order valence-electron chi connectivity index (χ3n) is 4.71. The Hall–Kier alpha value is -2.65. The summed E-state index contributed by atoms with van der Waals surface area (Å²) in [6.45, 7) is 1.22. The van der Waals surface area contributed by atoms with Gasteiger partial charge in [-0.15, -0.1) is 11.3 Å². The molecule has 0 aliphatic carbocycles. The molecular formula is C20H21N3O2S. The molecule has 0 atom stereocenters. The molecule has 0 radical (unpaired) electrons. The second-order valence-corrected chi connectivity index (χ2v) is 7.32. The number of amides is 2. The first-order valence-electron chi connectivity index (χ1n) is 8.77. The standard InChI is InChI=1S/C20H21N3O2S/c21-14-17-10-13-26-20(17)22-19(25)16-8-11-23(12-9-16)18(24)7-6-15-4-2-1-3-5-15/h1-5,10,13,16H,6-9,11-12H2,(H,22,25). The third kappa shape index (κ3) is 4.50. The fourth-order valence-electron chi connectivity index (χ4n) is 3.15. The number of carbonyl (C=O) groups excluding carboxylic acids is 2. The van der Waals surface area contributed by atoms with Crippen molar-refractivity contribution in [2.24, 2.45) is 5.92 Å². The van der Waals surface area contributed by atoms with E-state index < -0.39 is 0 Å². The van der Waals surface area contributed by atoms with Crippen molar-refractivity contribution in [1.29, 1.82) is 5.26 Å². The third-order valence-corrected chi connectivity index (χ3v) is 5.54. The molecule has 0 spiro atoms. The van der Waals surface area contributed by atoms with Crippen LogP contribution in [0.2, 0.25) is 0 Å². The molecule has 1 aliphatic heterocycles. The van der Waals surface area contributed by atoms with Crippen molar-refractivity contribution in [1.82, 2.24) is 4.90 Å². The van der Waals surface area contributed by atoms with E-state index in [1.165, 1.54) is 16.9 Å². The number of nitrogens with one attached hydrogen (secondary N) is 1. The Morgan fingerprint density at radius 1 is 1.19 bits per heavy atom. The summed E-state index contributed by atoms with van der Waals surface area (Å²) < 4.78 is 0. The number of hydrogen-bond donors (Lipinski definition) is 1. The zero-order chi connectivity index (χ0) is 18.4. The average molecular weight is 367 g/mol. The summed E-state index contributed by atoms with van der Waals surface area (Å²) in [4.78, 5) is 26.6. The molecule has 26 heavy (non-hydrogen) atoms. The van der Waals surface area contributed by atoms with Crippen LogP contribution in [0.15, 0.2) is 41.8 Å². The SMILES string of the molecule is N#Cc1ccsc1NC(=O)C1CCN(C(=O)CCc2ccccc2)CC1. The van der Waals surface area contributed by atoms with Crippen molar-refractivity contribution in [3.8, 4) is 6.07 Å². The van der Waals surface area contributed by atoms with Gasteiger partial charge in [-0.2, -0.15) is 5.26 Å². The maximum atomic E-state index is 12.4. The predicted octanol–water partition coefficient (Wildman–Crippen LogP) is 3.43. The lowest BCUT2D eigenvalue weighted by molar-refractivity contribution is -0.134. The van der Waals surface area contributed by atoms with Crippen molar-refractivity contribution in [3.05, 3.63) is 52.9 Å². The van der Waals surface area contributed by atoms with Crippen LogP contribution in [0.5, 0.6) is 0 Å². The van der Waals surface area contributed by atoms with E-state index in [1.807, 2.05) is 35.2 Å². The fourth-order valence-corrected chi connectivity index (χ4v) is 3.89. The number of benzene rings is 1. The lowest BCUT2D eigenvalue weighted by Gasteiger charge is -2.31. The molecule has 2 heterocycles. The van der Waals surface area contributed by atoms with Crippen LogP contribution in [0.1, 0.15) is 30.4 Å². The zero-order valence-corrected chi connectivity index (χ0v) is 15.3. The summed E-state index contributed by atoms with van der Waals surface area (Å²) in [7, 11) is 0. The van der Waals surface area contributed by atoms with Crippen molar-refractivity contribution in [2.75, 3.05) is 18.4 Å². The molecule has 1 aromatic carbocycles. The summed E-state index contributed by atoms with van der Waals surface area (Å²) >= 11 is 1.36. The summed E-state index contributed by atoms with van der Waals surface area (Å²) in [5.41, 5.74) is 1.66. The Balaban J connectivity index is 1.45. The molecular weight excluding hydrogens is 346 g/mol. The van der Waals surface area contributed by atoms with Gasteiger partial charge in [0.05, 0.1) is 5.56 Å². The van der Waals surface area contributed by atoms with E-state index in [-0.39, 0.29) is 17.7 Å². The summed E-state index contributed by atoms with van der Waals surface area (Å²) in [6.07, 6.45) is 2.57. The Labute approximate surface area is 157 Å². The number of likely N-dealkylation sites (tertiary alicyclic amines) is 1.